The maximum atomic E-state index is 5.58. The van der Waals surface area contributed by atoms with Crippen molar-refractivity contribution in [3.8, 4) is 11.5 Å². The minimum Gasteiger partial charge on any atom is -0.494 e. The molecule has 0 saturated heterocycles. The molecule has 0 aliphatic carbocycles. The minimum atomic E-state index is -0.0495. The van der Waals surface area contributed by atoms with E-state index in [1.165, 1.54) is 0 Å². The highest BCUT2D eigenvalue weighted by molar-refractivity contribution is 5.31. The Hall–Kier alpha value is -1.26. The highest BCUT2D eigenvalue weighted by Crippen LogP contribution is 2.17. The Morgan fingerprint density at radius 3 is 2.06 bits per heavy atom. The van der Waals surface area contributed by atoms with E-state index < -0.39 is 0 Å². The first-order valence-electron chi connectivity index (χ1n) is 5.97. The van der Waals surface area contributed by atoms with Crippen LogP contribution in [0.5, 0.6) is 11.5 Å². The first-order valence-corrected chi connectivity index (χ1v) is 5.97. The van der Waals surface area contributed by atoms with Crippen LogP contribution in [-0.4, -0.2) is 32.5 Å². The smallest absolute Gasteiger partial charge is 0.119 e. The molecule has 0 saturated carbocycles. The van der Waals surface area contributed by atoms with E-state index in [2.05, 4.69) is 0 Å². The summed E-state index contributed by atoms with van der Waals surface area (Å²) in [7, 11) is 0. The van der Waals surface area contributed by atoms with Crippen molar-refractivity contribution in [3.05, 3.63) is 24.3 Å². The van der Waals surface area contributed by atoms with Crippen LogP contribution < -0.4 is 15.2 Å². The molecule has 17 heavy (non-hydrogen) atoms. The Bertz CT molecular complexity index is 300. The molecule has 0 radical (unpaired) electrons. The standard InChI is InChI=1S/C13H21NO3/c1-3-15-11-5-7-12(8-6-11)17-10-13(9-14)16-4-2/h5-8,13H,3-4,9-10,14H2,1-2H3. The van der Waals surface area contributed by atoms with Crippen molar-refractivity contribution >= 4 is 0 Å². The quantitative estimate of drug-likeness (QED) is 0.752. The molecule has 0 aliphatic heterocycles. The van der Waals surface area contributed by atoms with Gasteiger partial charge in [0.1, 0.15) is 24.2 Å². The molecule has 0 aliphatic rings. The number of hydrogen-bond acceptors (Lipinski definition) is 4. The molecular formula is C13H21NO3. The summed E-state index contributed by atoms with van der Waals surface area (Å²) in [6.07, 6.45) is -0.0495. The lowest BCUT2D eigenvalue weighted by Crippen LogP contribution is -2.30. The van der Waals surface area contributed by atoms with Gasteiger partial charge in [0, 0.05) is 13.2 Å². The maximum Gasteiger partial charge on any atom is 0.119 e. The summed E-state index contributed by atoms with van der Waals surface area (Å²) in [6.45, 7) is 6.15. The SMILES string of the molecule is CCOc1ccc(OCC(CN)OCC)cc1. The first-order chi connectivity index (χ1) is 8.30. The molecule has 96 valence electrons. The molecule has 1 aromatic carbocycles. The van der Waals surface area contributed by atoms with E-state index in [9.17, 15) is 0 Å². The average Bonchev–Trinajstić information content (AvgIpc) is 2.36. The number of nitrogens with two attached hydrogens (primary N) is 1. The number of benzene rings is 1. The highest BCUT2D eigenvalue weighted by atomic mass is 16.5. The molecule has 4 heteroatoms. The summed E-state index contributed by atoms with van der Waals surface area (Å²) in [6, 6.07) is 7.53. The van der Waals surface area contributed by atoms with E-state index in [4.69, 9.17) is 19.9 Å². The van der Waals surface area contributed by atoms with Crippen molar-refractivity contribution in [2.75, 3.05) is 26.4 Å². The molecule has 2 N–H and O–H groups in total. The van der Waals surface area contributed by atoms with Gasteiger partial charge >= 0.3 is 0 Å². The largest absolute Gasteiger partial charge is 0.494 e. The molecule has 0 aromatic heterocycles. The molecule has 0 heterocycles. The van der Waals surface area contributed by atoms with Gasteiger partial charge < -0.3 is 19.9 Å². The van der Waals surface area contributed by atoms with Crippen LogP contribution >= 0.6 is 0 Å². The number of rotatable bonds is 8. The zero-order valence-corrected chi connectivity index (χ0v) is 10.5. The van der Waals surface area contributed by atoms with Crippen LogP contribution in [0.2, 0.25) is 0 Å². The lowest BCUT2D eigenvalue weighted by molar-refractivity contribution is 0.0337. The molecular weight excluding hydrogens is 218 g/mol. The second kappa shape index (κ2) is 7.92. The normalized spacial score (nSPS) is 12.2. The van der Waals surface area contributed by atoms with Gasteiger partial charge in [-0.05, 0) is 38.1 Å². The monoisotopic (exact) mass is 239 g/mol. The van der Waals surface area contributed by atoms with Crippen LogP contribution in [0, 0.1) is 0 Å². The fraction of sp³-hybridized carbons (Fsp3) is 0.538. The topological polar surface area (TPSA) is 53.7 Å². The Kier molecular flexibility index (Phi) is 6.43. The molecule has 1 unspecified atom stereocenters. The summed E-state index contributed by atoms with van der Waals surface area (Å²) in [5, 5.41) is 0. The van der Waals surface area contributed by atoms with E-state index in [-0.39, 0.29) is 6.10 Å². The second-order valence-electron chi connectivity index (χ2n) is 3.53. The Morgan fingerprint density at radius 1 is 1.00 bits per heavy atom. The average molecular weight is 239 g/mol. The van der Waals surface area contributed by atoms with Crippen molar-refractivity contribution in [1.29, 1.82) is 0 Å². The molecule has 0 bridgehead atoms. The van der Waals surface area contributed by atoms with Crippen molar-refractivity contribution in [1.82, 2.24) is 0 Å². The fourth-order valence-corrected chi connectivity index (χ4v) is 1.41. The Labute approximate surface area is 103 Å². The molecule has 0 spiro atoms. The van der Waals surface area contributed by atoms with Gasteiger partial charge in [-0.1, -0.05) is 0 Å². The summed E-state index contributed by atoms with van der Waals surface area (Å²) >= 11 is 0. The van der Waals surface area contributed by atoms with Gasteiger partial charge in [-0.2, -0.15) is 0 Å². The van der Waals surface area contributed by atoms with E-state index in [0.29, 0.717) is 26.4 Å². The van der Waals surface area contributed by atoms with Gasteiger partial charge in [-0.25, -0.2) is 0 Å². The van der Waals surface area contributed by atoms with Crippen LogP contribution in [0.3, 0.4) is 0 Å². The van der Waals surface area contributed by atoms with Crippen LogP contribution in [-0.2, 0) is 4.74 Å². The molecule has 0 fully saturated rings. The van der Waals surface area contributed by atoms with Gasteiger partial charge in [0.15, 0.2) is 0 Å². The second-order valence-corrected chi connectivity index (χ2v) is 3.53. The maximum absolute atomic E-state index is 5.58. The van der Waals surface area contributed by atoms with E-state index >= 15 is 0 Å². The first kappa shape index (κ1) is 13.8. The van der Waals surface area contributed by atoms with Gasteiger partial charge in [0.25, 0.3) is 0 Å². The number of ether oxygens (including phenoxy) is 3. The van der Waals surface area contributed by atoms with Crippen molar-refractivity contribution in [2.24, 2.45) is 5.73 Å². The summed E-state index contributed by atoms with van der Waals surface area (Å²) < 4.78 is 16.3. The summed E-state index contributed by atoms with van der Waals surface area (Å²) in [5.41, 5.74) is 5.56. The van der Waals surface area contributed by atoms with Gasteiger partial charge in [0.05, 0.1) is 6.61 Å². The van der Waals surface area contributed by atoms with E-state index in [0.717, 1.165) is 11.5 Å². The predicted octanol–water partition coefficient (Wildman–Crippen LogP) is 1.83. The Morgan fingerprint density at radius 2 is 1.59 bits per heavy atom. The zero-order valence-electron chi connectivity index (χ0n) is 10.5. The zero-order chi connectivity index (χ0) is 12.5. The summed E-state index contributed by atoms with van der Waals surface area (Å²) in [4.78, 5) is 0. The number of hydrogen-bond donors (Lipinski definition) is 1. The lowest BCUT2D eigenvalue weighted by Gasteiger charge is -2.15. The molecule has 4 nitrogen and oxygen atoms in total. The van der Waals surface area contributed by atoms with Crippen LogP contribution in [0.25, 0.3) is 0 Å². The van der Waals surface area contributed by atoms with E-state index in [1.807, 2.05) is 38.1 Å². The van der Waals surface area contributed by atoms with Crippen LogP contribution in [0.15, 0.2) is 24.3 Å². The van der Waals surface area contributed by atoms with Gasteiger partial charge in [-0.15, -0.1) is 0 Å². The fourth-order valence-electron chi connectivity index (χ4n) is 1.41. The molecule has 1 atom stereocenters. The van der Waals surface area contributed by atoms with Gasteiger partial charge in [0.2, 0.25) is 0 Å². The minimum absolute atomic E-state index is 0.0495. The molecule has 1 rings (SSSR count). The molecule has 0 amide bonds. The van der Waals surface area contributed by atoms with Crippen molar-refractivity contribution < 1.29 is 14.2 Å². The van der Waals surface area contributed by atoms with Crippen molar-refractivity contribution in [3.63, 3.8) is 0 Å². The Balaban J connectivity index is 2.40. The third-order valence-electron chi connectivity index (χ3n) is 2.24. The third-order valence-corrected chi connectivity index (χ3v) is 2.24. The van der Waals surface area contributed by atoms with Crippen molar-refractivity contribution in [2.45, 2.75) is 20.0 Å². The predicted molar refractivity (Wildman–Crippen MR) is 67.6 cm³/mol. The van der Waals surface area contributed by atoms with E-state index in [1.54, 1.807) is 0 Å². The summed E-state index contributed by atoms with van der Waals surface area (Å²) in [5.74, 6) is 1.65. The van der Waals surface area contributed by atoms with Crippen LogP contribution in [0.4, 0.5) is 0 Å². The lowest BCUT2D eigenvalue weighted by atomic mass is 10.3. The highest BCUT2D eigenvalue weighted by Gasteiger charge is 2.06. The van der Waals surface area contributed by atoms with Crippen LogP contribution in [0.1, 0.15) is 13.8 Å². The van der Waals surface area contributed by atoms with Gasteiger partial charge in [-0.3, -0.25) is 0 Å². The molecule has 1 aromatic rings. The third kappa shape index (κ3) is 5.06.